The van der Waals surface area contributed by atoms with Crippen LogP contribution < -0.4 is 15.1 Å². The first-order valence-electron chi connectivity index (χ1n) is 10.9. The van der Waals surface area contributed by atoms with Crippen molar-refractivity contribution in [1.29, 1.82) is 0 Å². The van der Waals surface area contributed by atoms with Crippen molar-refractivity contribution in [2.45, 2.75) is 19.4 Å². The lowest BCUT2D eigenvalue weighted by molar-refractivity contribution is -0.117. The molecule has 4 rings (SSSR count). The highest BCUT2D eigenvalue weighted by atomic mass is 16.5. The monoisotopic (exact) mass is 422 g/mol. The highest BCUT2D eigenvalue weighted by Crippen LogP contribution is 2.24. The first kappa shape index (κ1) is 21.3. The van der Waals surface area contributed by atoms with E-state index < -0.39 is 0 Å². The summed E-state index contributed by atoms with van der Waals surface area (Å²) >= 11 is 0. The van der Waals surface area contributed by atoms with Crippen molar-refractivity contribution in [3.8, 4) is 0 Å². The number of carbonyl (C=O) groups excluding carboxylic acids is 2. The summed E-state index contributed by atoms with van der Waals surface area (Å²) < 4.78 is 5.47. The summed E-state index contributed by atoms with van der Waals surface area (Å²) in [5.74, 6) is 0.104. The predicted molar refractivity (Wildman–Crippen MR) is 122 cm³/mol. The average Bonchev–Trinajstić information content (AvgIpc) is 3.21. The Kier molecular flexibility index (Phi) is 6.84. The van der Waals surface area contributed by atoms with Crippen LogP contribution in [-0.2, 0) is 20.9 Å². The minimum Gasteiger partial charge on any atom is -0.378 e. The summed E-state index contributed by atoms with van der Waals surface area (Å²) in [6.07, 6.45) is 1.51. The number of amides is 2. The molecule has 0 spiro atoms. The zero-order valence-corrected chi connectivity index (χ0v) is 18.0. The van der Waals surface area contributed by atoms with Crippen LogP contribution in [0.5, 0.6) is 0 Å². The van der Waals surface area contributed by atoms with Gasteiger partial charge in [-0.15, -0.1) is 0 Å². The molecule has 2 aliphatic rings. The molecule has 0 aliphatic carbocycles. The van der Waals surface area contributed by atoms with Crippen LogP contribution in [0.3, 0.4) is 0 Å². The number of morpholine rings is 1. The van der Waals surface area contributed by atoms with E-state index in [1.807, 2.05) is 42.3 Å². The second-order valence-electron chi connectivity index (χ2n) is 8.14. The van der Waals surface area contributed by atoms with Gasteiger partial charge in [0.15, 0.2) is 0 Å². The molecule has 1 N–H and O–H groups in total. The number of ether oxygens (including phenoxy) is 1. The number of likely N-dealkylation sites (N-methyl/N-ethyl adjacent to an activating group) is 1. The molecule has 7 nitrogen and oxygen atoms in total. The van der Waals surface area contributed by atoms with Crippen LogP contribution in [0.2, 0.25) is 0 Å². The molecule has 31 heavy (non-hydrogen) atoms. The van der Waals surface area contributed by atoms with E-state index in [0.29, 0.717) is 19.5 Å². The van der Waals surface area contributed by atoms with E-state index in [-0.39, 0.29) is 11.8 Å². The summed E-state index contributed by atoms with van der Waals surface area (Å²) in [4.78, 5) is 30.6. The number of nitrogens with zero attached hydrogens (tertiary/aromatic N) is 3. The van der Waals surface area contributed by atoms with E-state index in [4.69, 9.17) is 4.74 Å². The Morgan fingerprint density at radius 2 is 1.81 bits per heavy atom. The first-order valence-corrected chi connectivity index (χ1v) is 10.9. The van der Waals surface area contributed by atoms with E-state index >= 15 is 0 Å². The Morgan fingerprint density at radius 1 is 1.06 bits per heavy atom. The molecule has 0 aromatic heterocycles. The van der Waals surface area contributed by atoms with Gasteiger partial charge in [0.05, 0.1) is 19.8 Å². The quantitative estimate of drug-likeness (QED) is 0.743. The van der Waals surface area contributed by atoms with E-state index in [9.17, 15) is 9.59 Å². The van der Waals surface area contributed by atoms with Crippen LogP contribution in [0.25, 0.3) is 0 Å². The Bertz CT molecular complexity index is 909. The molecule has 2 aliphatic heterocycles. The van der Waals surface area contributed by atoms with Gasteiger partial charge in [-0.1, -0.05) is 18.2 Å². The molecular weight excluding hydrogens is 392 g/mol. The van der Waals surface area contributed by atoms with Crippen molar-refractivity contribution < 1.29 is 14.3 Å². The second kappa shape index (κ2) is 9.94. The molecule has 7 heteroatoms. The average molecular weight is 423 g/mol. The molecule has 2 fully saturated rings. The number of hydrogen-bond donors (Lipinski definition) is 1. The minimum atomic E-state index is -0.0589. The molecule has 2 aromatic rings. The van der Waals surface area contributed by atoms with Gasteiger partial charge in [0, 0.05) is 49.7 Å². The van der Waals surface area contributed by atoms with Crippen LogP contribution in [0, 0.1) is 0 Å². The summed E-state index contributed by atoms with van der Waals surface area (Å²) in [5, 5.41) is 2.95. The van der Waals surface area contributed by atoms with E-state index in [1.165, 1.54) is 11.3 Å². The largest absolute Gasteiger partial charge is 0.378 e. The van der Waals surface area contributed by atoms with Crippen LogP contribution in [0.4, 0.5) is 17.1 Å². The molecule has 2 saturated heterocycles. The minimum absolute atomic E-state index is 0.0589. The fourth-order valence-corrected chi connectivity index (χ4v) is 4.20. The third kappa shape index (κ3) is 5.42. The van der Waals surface area contributed by atoms with Gasteiger partial charge in [-0.3, -0.25) is 14.5 Å². The predicted octanol–water partition coefficient (Wildman–Crippen LogP) is 2.72. The topological polar surface area (TPSA) is 65.1 Å². The number of para-hydroxylation sites is 1. The summed E-state index contributed by atoms with van der Waals surface area (Å²) in [5.41, 5.74) is 4.05. The number of rotatable bonds is 7. The summed E-state index contributed by atoms with van der Waals surface area (Å²) in [6.45, 7) is 5.02. The van der Waals surface area contributed by atoms with Crippen LogP contribution in [-0.4, -0.2) is 63.2 Å². The third-order valence-electron chi connectivity index (χ3n) is 5.73. The van der Waals surface area contributed by atoms with Gasteiger partial charge >= 0.3 is 0 Å². The van der Waals surface area contributed by atoms with Crippen molar-refractivity contribution in [1.82, 2.24) is 4.90 Å². The Labute approximate surface area is 183 Å². The van der Waals surface area contributed by atoms with Crippen LogP contribution >= 0.6 is 0 Å². The van der Waals surface area contributed by atoms with Gasteiger partial charge in [0.1, 0.15) is 0 Å². The molecule has 0 saturated carbocycles. The third-order valence-corrected chi connectivity index (χ3v) is 5.73. The fourth-order valence-electron chi connectivity index (χ4n) is 4.20. The lowest BCUT2D eigenvalue weighted by Gasteiger charge is -2.31. The molecule has 0 radical (unpaired) electrons. The summed E-state index contributed by atoms with van der Waals surface area (Å²) in [6, 6.07) is 15.8. The van der Waals surface area contributed by atoms with Crippen LogP contribution in [0.15, 0.2) is 48.5 Å². The number of hydrogen-bond acceptors (Lipinski definition) is 5. The molecule has 0 atom stereocenters. The number of anilines is 3. The molecule has 0 bridgehead atoms. The molecule has 0 unspecified atom stereocenters. The van der Waals surface area contributed by atoms with Crippen molar-refractivity contribution in [3.63, 3.8) is 0 Å². The Balaban J connectivity index is 1.31. The van der Waals surface area contributed by atoms with Gasteiger partial charge in [0.2, 0.25) is 11.8 Å². The van der Waals surface area contributed by atoms with E-state index in [0.717, 1.165) is 50.6 Å². The fraction of sp³-hybridized carbons (Fsp3) is 0.417. The van der Waals surface area contributed by atoms with Gasteiger partial charge in [-0.25, -0.2) is 0 Å². The van der Waals surface area contributed by atoms with Gasteiger partial charge in [-0.05, 0) is 49.4 Å². The molecular formula is C24H30N4O3. The lowest BCUT2D eigenvalue weighted by Crippen LogP contribution is -2.37. The van der Waals surface area contributed by atoms with Crippen molar-refractivity contribution in [2.75, 3.05) is 61.6 Å². The Morgan fingerprint density at radius 3 is 2.52 bits per heavy atom. The highest BCUT2D eigenvalue weighted by molar-refractivity contribution is 5.96. The van der Waals surface area contributed by atoms with Crippen LogP contribution in [0.1, 0.15) is 18.4 Å². The normalized spacial score (nSPS) is 16.8. The molecule has 164 valence electrons. The van der Waals surface area contributed by atoms with E-state index in [1.54, 1.807) is 4.90 Å². The van der Waals surface area contributed by atoms with Crippen molar-refractivity contribution >= 4 is 28.9 Å². The number of carbonyl (C=O) groups is 2. The first-order chi connectivity index (χ1) is 15.1. The number of benzene rings is 2. The van der Waals surface area contributed by atoms with E-state index in [2.05, 4.69) is 28.4 Å². The van der Waals surface area contributed by atoms with Gasteiger partial charge < -0.3 is 19.9 Å². The smallest absolute Gasteiger partial charge is 0.238 e. The lowest BCUT2D eigenvalue weighted by atomic mass is 10.1. The molecule has 2 amide bonds. The Hall–Kier alpha value is -2.90. The maximum absolute atomic E-state index is 12.5. The zero-order valence-electron chi connectivity index (χ0n) is 18.0. The maximum Gasteiger partial charge on any atom is 0.238 e. The maximum atomic E-state index is 12.5. The summed E-state index contributed by atoms with van der Waals surface area (Å²) in [7, 11) is 1.96. The molecule has 2 aromatic carbocycles. The number of nitrogens with one attached hydrogen (secondary N) is 1. The highest BCUT2D eigenvalue weighted by Gasteiger charge is 2.21. The van der Waals surface area contributed by atoms with Crippen molar-refractivity contribution in [3.05, 3.63) is 54.1 Å². The zero-order chi connectivity index (χ0) is 21.6. The second-order valence-corrected chi connectivity index (χ2v) is 8.14. The SMILES string of the molecule is CN(CC(=O)Nc1ccc(N2CCCC2=O)cc1)Cc1ccccc1N1CCOCC1. The van der Waals surface area contributed by atoms with Crippen molar-refractivity contribution in [2.24, 2.45) is 0 Å². The van der Waals surface area contributed by atoms with Gasteiger partial charge in [0.25, 0.3) is 0 Å². The molecule has 2 heterocycles. The van der Waals surface area contributed by atoms with Gasteiger partial charge in [-0.2, -0.15) is 0 Å². The standard InChI is InChI=1S/C24H30N4O3/c1-26(17-19-5-2-3-6-22(19)27-13-15-31-16-14-27)18-23(29)25-20-8-10-21(11-9-20)28-12-4-7-24(28)30/h2-3,5-6,8-11H,4,7,12-18H2,1H3,(H,25,29).